The Kier molecular flexibility index (Phi) is 8.92. The molecule has 0 bridgehead atoms. The molecule has 0 spiro atoms. The van der Waals surface area contributed by atoms with Gasteiger partial charge in [-0.3, -0.25) is 28.9 Å². The van der Waals surface area contributed by atoms with E-state index in [-0.39, 0.29) is 39.8 Å². The molecule has 2 aromatic rings. The van der Waals surface area contributed by atoms with Crippen LogP contribution in [0.5, 0.6) is 5.75 Å². The topological polar surface area (TPSA) is 173 Å². The number of benzene rings is 2. The number of carboxylic acids is 1. The number of halogens is 2. The van der Waals surface area contributed by atoms with Crippen LogP contribution in [-0.4, -0.2) is 71.3 Å². The summed E-state index contributed by atoms with van der Waals surface area (Å²) in [5.41, 5.74) is 0.385. The Morgan fingerprint density at radius 1 is 1.13 bits per heavy atom. The van der Waals surface area contributed by atoms with Crippen molar-refractivity contribution in [3.63, 3.8) is 0 Å². The summed E-state index contributed by atoms with van der Waals surface area (Å²) in [6.45, 7) is 0.335. The molecule has 4 amide bonds. The highest BCUT2D eigenvalue weighted by Crippen LogP contribution is 2.34. The molecule has 38 heavy (non-hydrogen) atoms. The molecule has 12 nitrogen and oxygen atoms in total. The normalized spacial score (nSPS) is 15.7. The molecule has 0 saturated heterocycles. The van der Waals surface area contributed by atoms with E-state index in [0.717, 1.165) is 17.0 Å². The van der Waals surface area contributed by atoms with E-state index in [1.807, 2.05) is 0 Å². The highest BCUT2D eigenvalue weighted by Gasteiger charge is 2.37. The first-order chi connectivity index (χ1) is 17.9. The van der Waals surface area contributed by atoms with Crippen LogP contribution in [0.2, 0.25) is 10.0 Å². The molecule has 0 radical (unpaired) electrons. The second kappa shape index (κ2) is 11.9. The fourth-order valence-electron chi connectivity index (χ4n) is 3.81. The lowest BCUT2D eigenvalue weighted by Crippen LogP contribution is -2.54. The maximum atomic E-state index is 13.6. The van der Waals surface area contributed by atoms with E-state index in [4.69, 9.17) is 28.3 Å². The van der Waals surface area contributed by atoms with Gasteiger partial charge in [-0.25, -0.2) is 0 Å². The average Bonchev–Trinajstić information content (AvgIpc) is 2.96. The molecule has 0 aliphatic carbocycles. The Hall–Kier alpha value is -4.16. The van der Waals surface area contributed by atoms with E-state index in [1.54, 1.807) is 18.2 Å². The lowest BCUT2D eigenvalue weighted by molar-refractivity contribution is -0.139. The summed E-state index contributed by atoms with van der Waals surface area (Å²) in [7, 11) is 0. The number of fused-ring (bicyclic) bond motifs is 1. The fraction of sp³-hybridized carbons (Fsp3) is 0.250. The van der Waals surface area contributed by atoms with Crippen LogP contribution in [-0.2, 0) is 24.0 Å². The van der Waals surface area contributed by atoms with Gasteiger partial charge in [-0.15, -0.1) is 0 Å². The molecule has 1 aliphatic rings. The minimum Gasteiger partial charge on any atom is -0.505 e. The summed E-state index contributed by atoms with van der Waals surface area (Å²) < 4.78 is 0. The maximum absolute atomic E-state index is 13.6. The van der Waals surface area contributed by atoms with Crippen molar-refractivity contribution in [3.8, 4) is 5.75 Å². The number of rotatable bonds is 8. The monoisotopic (exact) mass is 564 g/mol. The molecule has 0 aromatic heterocycles. The van der Waals surface area contributed by atoms with Gasteiger partial charge >= 0.3 is 5.97 Å². The number of carbonyl (C=O) groups is 6. The molecule has 2 unspecified atom stereocenters. The minimum absolute atomic E-state index is 0.0754. The number of carboxylic acid groups (broad SMARTS) is 1. The van der Waals surface area contributed by atoms with Crippen molar-refractivity contribution in [1.29, 1.82) is 0 Å². The number of hydrogen-bond acceptors (Lipinski definition) is 7. The zero-order chi connectivity index (χ0) is 28.1. The van der Waals surface area contributed by atoms with Crippen molar-refractivity contribution in [3.05, 3.63) is 52.0 Å². The Morgan fingerprint density at radius 2 is 1.74 bits per heavy atom. The number of nitrogens with one attached hydrogen (secondary N) is 2. The van der Waals surface area contributed by atoms with Crippen molar-refractivity contribution >= 4 is 70.5 Å². The first kappa shape index (κ1) is 28.4. The molecule has 1 aliphatic heterocycles. The molecule has 0 fully saturated rings. The Balaban J connectivity index is 1.96. The molecule has 2 aromatic carbocycles. The van der Waals surface area contributed by atoms with E-state index < -0.39 is 60.4 Å². The summed E-state index contributed by atoms with van der Waals surface area (Å²) in [6.07, 6.45) is -0.396. The van der Waals surface area contributed by atoms with Crippen LogP contribution in [0.1, 0.15) is 23.7 Å². The van der Waals surface area contributed by atoms with Gasteiger partial charge in [-0.05, 0) is 24.3 Å². The quantitative estimate of drug-likeness (QED) is 0.347. The number of hydrogen-bond donors (Lipinski definition) is 4. The van der Waals surface area contributed by atoms with Gasteiger partial charge in [0.05, 0.1) is 40.4 Å². The number of amides is 4. The summed E-state index contributed by atoms with van der Waals surface area (Å²) >= 11 is 11.8. The largest absolute Gasteiger partial charge is 0.505 e. The molecule has 200 valence electrons. The second-order valence-corrected chi connectivity index (χ2v) is 9.08. The van der Waals surface area contributed by atoms with Crippen LogP contribution < -0.4 is 20.4 Å². The standard InChI is InChI=1S/C24H22Cl2N4O8/c1-12(32)29-9-17(28-23(37)13-6-15(25)22(36)16(26)7-13)24(38)30(19-5-3-2-4-18(19)29)10-20(33)27-14(11-31)8-21(34)35/h2-7,11,14,17,36H,8-10H2,1H3,(H,27,33)(H,28,37)(H,34,35). The number of aliphatic carboxylic acids is 1. The van der Waals surface area contributed by atoms with E-state index in [1.165, 1.54) is 17.9 Å². The van der Waals surface area contributed by atoms with Crippen molar-refractivity contribution in [1.82, 2.24) is 10.6 Å². The molecule has 3 rings (SSSR count). The predicted molar refractivity (Wildman–Crippen MR) is 136 cm³/mol. The average molecular weight is 565 g/mol. The van der Waals surface area contributed by atoms with Crippen LogP contribution >= 0.6 is 23.2 Å². The smallest absolute Gasteiger partial charge is 0.305 e. The maximum Gasteiger partial charge on any atom is 0.305 e. The lowest BCUT2D eigenvalue weighted by atomic mass is 10.1. The Labute approximate surface area is 226 Å². The van der Waals surface area contributed by atoms with Crippen molar-refractivity contribution in [2.24, 2.45) is 0 Å². The van der Waals surface area contributed by atoms with Gasteiger partial charge in [-0.1, -0.05) is 35.3 Å². The Bertz CT molecular complexity index is 1300. The molecule has 2 atom stereocenters. The number of phenolic OH excluding ortho intramolecular Hbond substituents is 1. The summed E-state index contributed by atoms with van der Waals surface area (Å²) in [4.78, 5) is 76.3. The summed E-state index contributed by atoms with van der Waals surface area (Å²) in [6, 6.07) is 5.85. The fourth-order valence-corrected chi connectivity index (χ4v) is 4.30. The Morgan fingerprint density at radius 3 is 2.29 bits per heavy atom. The molecular weight excluding hydrogens is 543 g/mol. The van der Waals surface area contributed by atoms with E-state index in [0.29, 0.717) is 0 Å². The van der Waals surface area contributed by atoms with Crippen LogP contribution in [0.25, 0.3) is 0 Å². The zero-order valence-electron chi connectivity index (χ0n) is 19.8. The first-order valence-electron chi connectivity index (χ1n) is 11.1. The molecule has 1 heterocycles. The van der Waals surface area contributed by atoms with Crippen molar-refractivity contribution in [2.75, 3.05) is 22.9 Å². The number of anilines is 2. The van der Waals surface area contributed by atoms with Crippen LogP contribution in [0.15, 0.2) is 36.4 Å². The van der Waals surface area contributed by atoms with Gasteiger partial charge in [0.1, 0.15) is 18.9 Å². The van der Waals surface area contributed by atoms with Crippen LogP contribution in [0, 0.1) is 0 Å². The van der Waals surface area contributed by atoms with E-state index in [2.05, 4.69) is 10.6 Å². The minimum atomic E-state index is -1.35. The number of aromatic hydroxyl groups is 1. The number of nitrogens with zero attached hydrogens (tertiary/aromatic N) is 2. The molecule has 4 N–H and O–H groups in total. The lowest BCUT2D eigenvalue weighted by Gasteiger charge is -2.25. The number of para-hydroxylation sites is 2. The number of phenols is 1. The van der Waals surface area contributed by atoms with Crippen LogP contribution in [0.4, 0.5) is 11.4 Å². The van der Waals surface area contributed by atoms with Crippen LogP contribution in [0.3, 0.4) is 0 Å². The second-order valence-electron chi connectivity index (χ2n) is 8.27. The number of aldehydes is 1. The van der Waals surface area contributed by atoms with Gasteiger partial charge in [0, 0.05) is 12.5 Å². The van der Waals surface area contributed by atoms with Gasteiger partial charge in [0.25, 0.3) is 11.8 Å². The molecular formula is C24H22Cl2N4O8. The SMILES string of the molecule is CC(=O)N1CC(NC(=O)c2cc(Cl)c(O)c(Cl)c2)C(=O)N(CC(=O)NC(C=O)CC(=O)O)c2ccccc21. The highest BCUT2D eigenvalue weighted by atomic mass is 35.5. The van der Waals surface area contributed by atoms with Gasteiger partial charge in [0.15, 0.2) is 5.75 Å². The van der Waals surface area contributed by atoms with Gasteiger partial charge in [0.2, 0.25) is 11.8 Å². The third-order valence-corrected chi connectivity index (χ3v) is 6.14. The molecule has 14 heteroatoms. The number of carbonyl (C=O) groups excluding carboxylic acids is 5. The summed E-state index contributed by atoms with van der Waals surface area (Å²) in [5, 5.41) is 23.0. The van der Waals surface area contributed by atoms with E-state index in [9.17, 15) is 33.9 Å². The first-order valence-corrected chi connectivity index (χ1v) is 11.8. The zero-order valence-corrected chi connectivity index (χ0v) is 21.3. The third kappa shape index (κ3) is 6.39. The van der Waals surface area contributed by atoms with E-state index >= 15 is 0 Å². The highest BCUT2D eigenvalue weighted by molar-refractivity contribution is 6.37. The summed E-state index contributed by atoms with van der Waals surface area (Å²) in [5.74, 6) is -4.59. The van der Waals surface area contributed by atoms with Crippen molar-refractivity contribution < 1.29 is 39.0 Å². The van der Waals surface area contributed by atoms with Gasteiger partial charge in [-0.2, -0.15) is 0 Å². The molecule has 0 saturated carbocycles. The predicted octanol–water partition coefficient (Wildman–Crippen LogP) is 1.36. The van der Waals surface area contributed by atoms with Gasteiger partial charge < -0.3 is 30.5 Å². The third-order valence-electron chi connectivity index (χ3n) is 5.56. The van der Waals surface area contributed by atoms with Crippen molar-refractivity contribution in [2.45, 2.75) is 25.4 Å².